The minimum absolute atomic E-state index is 0.325. The molecule has 0 fully saturated rings. The molecule has 0 radical (unpaired) electrons. The van der Waals surface area contributed by atoms with Crippen molar-refractivity contribution >= 4 is 11.7 Å². The van der Waals surface area contributed by atoms with Gasteiger partial charge in [0.2, 0.25) is 0 Å². The number of hydrogen-bond donors (Lipinski definition) is 1. The Morgan fingerprint density at radius 1 is 1.45 bits per heavy atom. The van der Waals surface area contributed by atoms with Crippen LogP contribution in [0.3, 0.4) is 0 Å². The van der Waals surface area contributed by atoms with Gasteiger partial charge < -0.3 is 15.0 Å². The van der Waals surface area contributed by atoms with Crippen molar-refractivity contribution in [3.8, 4) is 0 Å². The van der Waals surface area contributed by atoms with Gasteiger partial charge in [-0.05, 0) is 38.6 Å². The van der Waals surface area contributed by atoms with E-state index in [0.29, 0.717) is 17.7 Å². The molecule has 0 amide bonds. The first kappa shape index (κ1) is 16.4. The van der Waals surface area contributed by atoms with E-state index in [1.165, 1.54) is 7.11 Å². The van der Waals surface area contributed by atoms with Crippen LogP contribution in [0.15, 0.2) is 18.3 Å². The average molecular weight is 279 g/mol. The molecule has 0 aliphatic rings. The summed E-state index contributed by atoms with van der Waals surface area (Å²) in [6, 6.07) is 3.93. The molecule has 0 spiro atoms. The van der Waals surface area contributed by atoms with Crippen molar-refractivity contribution in [3.63, 3.8) is 0 Å². The second kappa shape index (κ2) is 7.85. The maximum Gasteiger partial charge on any atom is 0.356 e. The van der Waals surface area contributed by atoms with E-state index >= 15 is 0 Å². The fourth-order valence-electron chi connectivity index (χ4n) is 2.16. The fourth-order valence-corrected chi connectivity index (χ4v) is 2.16. The number of ether oxygens (including phenoxy) is 1. The standard InChI is InChI=1S/C15H25N3O2/c1-11(2)8-13(10-18(3)4)17-12-6-7-16-14(9-12)15(19)20-5/h6-7,9,11,13H,8,10H2,1-5H3,(H,16,17). The molecular weight excluding hydrogens is 254 g/mol. The molecule has 0 bridgehead atoms. The number of carbonyl (C=O) groups excluding carboxylic acids is 1. The molecule has 1 heterocycles. The van der Waals surface area contributed by atoms with Crippen molar-refractivity contribution in [2.24, 2.45) is 5.92 Å². The van der Waals surface area contributed by atoms with Crippen LogP contribution in [0.2, 0.25) is 0 Å². The van der Waals surface area contributed by atoms with E-state index in [4.69, 9.17) is 0 Å². The second-order valence-electron chi connectivity index (χ2n) is 5.65. The van der Waals surface area contributed by atoms with Crippen LogP contribution in [0.5, 0.6) is 0 Å². The third kappa shape index (κ3) is 5.57. The minimum Gasteiger partial charge on any atom is -0.464 e. The van der Waals surface area contributed by atoms with Gasteiger partial charge in [-0.2, -0.15) is 0 Å². The fraction of sp³-hybridized carbons (Fsp3) is 0.600. The molecule has 1 N–H and O–H groups in total. The lowest BCUT2D eigenvalue weighted by atomic mass is 10.0. The third-order valence-corrected chi connectivity index (χ3v) is 2.87. The summed E-state index contributed by atoms with van der Waals surface area (Å²) in [6.45, 7) is 5.35. The Morgan fingerprint density at radius 3 is 2.70 bits per heavy atom. The van der Waals surface area contributed by atoms with Crippen LogP contribution in [0.25, 0.3) is 0 Å². The van der Waals surface area contributed by atoms with E-state index in [9.17, 15) is 4.79 Å². The van der Waals surface area contributed by atoms with E-state index in [1.54, 1.807) is 12.3 Å². The number of esters is 1. The van der Waals surface area contributed by atoms with Crippen LogP contribution in [0.1, 0.15) is 30.8 Å². The topological polar surface area (TPSA) is 54.5 Å². The summed E-state index contributed by atoms with van der Waals surface area (Å²) < 4.78 is 4.69. The van der Waals surface area contributed by atoms with Crippen molar-refractivity contribution in [2.45, 2.75) is 26.3 Å². The van der Waals surface area contributed by atoms with E-state index < -0.39 is 5.97 Å². The molecule has 5 nitrogen and oxygen atoms in total. The van der Waals surface area contributed by atoms with Crippen molar-refractivity contribution in [1.82, 2.24) is 9.88 Å². The van der Waals surface area contributed by atoms with Crippen LogP contribution in [0.4, 0.5) is 5.69 Å². The van der Waals surface area contributed by atoms with Gasteiger partial charge in [-0.1, -0.05) is 13.8 Å². The van der Waals surface area contributed by atoms with E-state index in [1.807, 2.05) is 6.07 Å². The zero-order chi connectivity index (χ0) is 15.1. The predicted octanol–water partition coefficient (Wildman–Crippen LogP) is 2.26. The van der Waals surface area contributed by atoms with Crippen molar-refractivity contribution in [2.75, 3.05) is 33.1 Å². The highest BCUT2D eigenvalue weighted by molar-refractivity contribution is 5.88. The molecule has 5 heteroatoms. The zero-order valence-electron chi connectivity index (χ0n) is 13.0. The van der Waals surface area contributed by atoms with Gasteiger partial charge in [-0.3, -0.25) is 0 Å². The molecule has 1 rings (SSSR count). The summed E-state index contributed by atoms with van der Waals surface area (Å²) in [5, 5.41) is 3.47. The zero-order valence-corrected chi connectivity index (χ0v) is 13.0. The Morgan fingerprint density at radius 2 is 2.15 bits per heavy atom. The van der Waals surface area contributed by atoms with Crippen LogP contribution >= 0.6 is 0 Å². The van der Waals surface area contributed by atoms with Gasteiger partial charge in [-0.15, -0.1) is 0 Å². The van der Waals surface area contributed by atoms with Gasteiger partial charge in [0.05, 0.1) is 7.11 Å². The number of hydrogen-bond acceptors (Lipinski definition) is 5. The number of nitrogens with one attached hydrogen (secondary N) is 1. The maximum atomic E-state index is 11.5. The summed E-state index contributed by atoms with van der Waals surface area (Å²) in [5.74, 6) is 0.191. The Balaban J connectivity index is 2.79. The maximum absolute atomic E-state index is 11.5. The summed E-state index contributed by atoms with van der Waals surface area (Å²) in [5.41, 5.74) is 1.22. The number of likely N-dealkylation sites (N-methyl/N-ethyl adjacent to an activating group) is 1. The molecule has 20 heavy (non-hydrogen) atoms. The monoisotopic (exact) mass is 279 g/mol. The highest BCUT2D eigenvalue weighted by Crippen LogP contribution is 2.14. The van der Waals surface area contributed by atoms with Crippen molar-refractivity contribution in [1.29, 1.82) is 0 Å². The second-order valence-corrected chi connectivity index (χ2v) is 5.65. The average Bonchev–Trinajstić information content (AvgIpc) is 2.36. The number of anilines is 1. The summed E-state index contributed by atoms with van der Waals surface area (Å²) in [4.78, 5) is 17.7. The molecule has 0 aliphatic heterocycles. The molecule has 0 aromatic carbocycles. The third-order valence-electron chi connectivity index (χ3n) is 2.87. The van der Waals surface area contributed by atoms with Crippen LogP contribution in [0, 0.1) is 5.92 Å². The predicted molar refractivity (Wildman–Crippen MR) is 81.0 cm³/mol. The normalized spacial score (nSPS) is 12.6. The van der Waals surface area contributed by atoms with E-state index in [2.05, 4.69) is 47.9 Å². The van der Waals surface area contributed by atoms with Crippen LogP contribution in [-0.4, -0.2) is 49.6 Å². The molecular formula is C15H25N3O2. The van der Waals surface area contributed by atoms with Crippen LogP contribution in [-0.2, 0) is 4.74 Å². The number of pyridine rings is 1. The Kier molecular flexibility index (Phi) is 6.45. The SMILES string of the molecule is COC(=O)c1cc(NC(CC(C)C)CN(C)C)ccn1. The molecule has 1 aromatic rings. The highest BCUT2D eigenvalue weighted by Gasteiger charge is 2.13. The Hall–Kier alpha value is -1.62. The summed E-state index contributed by atoms with van der Waals surface area (Å²) in [7, 11) is 5.47. The minimum atomic E-state index is -0.415. The van der Waals surface area contributed by atoms with Gasteiger partial charge in [0.25, 0.3) is 0 Å². The lowest BCUT2D eigenvalue weighted by molar-refractivity contribution is 0.0594. The van der Waals surface area contributed by atoms with Crippen molar-refractivity contribution < 1.29 is 9.53 Å². The number of methoxy groups -OCH3 is 1. The first-order chi connectivity index (χ1) is 9.42. The Labute approximate surface area is 121 Å². The van der Waals surface area contributed by atoms with Gasteiger partial charge in [0, 0.05) is 24.5 Å². The molecule has 1 unspecified atom stereocenters. The van der Waals surface area contributed by atoms with E-state index in [-0.39, 0.29) is 0 Å². The molecule has 112 valence electrons. The molecule has 0 saturated heterocycles. The van der Waals surface area contributed by atoms with Crippen molar-refractivity contribution in [3.05, 3.63) is 24.0 Å². The summed E-state index contributed by atoms with van der Waals surface area (Å²) >= 11 is 0. The first-order valence-corrected chi connectivity index (χ1v) is 6.88. The smallest absolute Gasteiger partial charge is 0.356 e. The van der Waals surface area contributed by atoms with Crippen LogP contribution < -0.4 is 5.32 Å². The lowest BCUT2D eigenvalue weighted by Gasteiger charge is -2.25. The highest BCUT2D eigenvalue weighted by atomic mass is 16.5. The van der Waals surface area contributed by atoms with Gasteiger partial charge in [0.1, 0.15) is 5.69 Å². The quantitative estimate of drug-likeness (QED) is 0.776. The lowest BCUT2D eigenvalue weighted by Crippen LogP contribution is -2.33. The molecule has 0 saturated carbocycles. The largest absolute Gasteiger partial charge is 0.464 e. The number of nitrogens with zero attached hydrogens (tertiary/aromatic N) is 2. The number of rotatable bonds is 7. The number of aromatic nitrogens is 1. The Bertz CT molecular complexity index is 423. The molecule has 1 atom stereocenters. The number of carbonyl (C=O) groups is 1. The van der Waals surface area contributed by atoms with Gasteiger partial charge >= 0.3 is 5.97 Å². The first-order valence-electron chi connectivity index (χ1n) is 6.88. The molecule has 1 aromatic heterocycles. The van der Waals surface area contributed by atoms with Gasteiger partial charge in [-0.25, -0.2) is 9.78 Å². The summed E-state index contributed by atoms with van der Waals surface area (Å²) in [6.07, 6.45) is 2.69. The molecule has 0 aliphatic carbocycles. The van der Waals surface area contributed by atoms with E-state index in [0.717, 1.165) is 18.7 Å². The van der Waals surface area contributed by atoms with Gasteiger partial charge in [0.15, 0.2) is 0 Å².